The van der Waals surface area contributed by atoms with Crippen molar-refractivity contribution in [1.29, 1.82) is 0 Å². The fraction of sp³-hybridized carbons (Fsp3) is 0.250. The predicted octanol–water partition coefficient (Wildman–Crippen LogP) is -0.176. The zero-order valence-corrected chi connectivity index (χ0v) is 7.47. The molecule has 0 spiro atoms. The molecule has 70 valence electrons. The van der Waals surface area contributed by atoms with E-state index in [9.17, 15) is 9.59 Å². The molecule has 1 rings (SSSR count). The standard InChI is InChI=1S/C8H11N3O2/c1-4-3-5(12)11-8(10-2)6(4)7(9)13/h3H,1-2H3,(H2,9,13)(H2,10,11,12). The fourth-order valence-corrected chi connectivity index (χ4v) is 1.19. The maximum absolute atomic E-state index is 11.0. The van der Waals surface area contributed by atoms with Crippen molar-refractivity contribution in [3.8, 4) is 0 Å². The number of carbonyl (C=O) groups is 1. The summed E-state index contributed by atoms with van der Waals surface area (Å²) in [4.78, 5) is 24.5. The van der Waals surface area contributed by atoms with Crippen molar-refractivity contribution in [3.63, 3.8) is 0 Å². The number of hydrogen-bond acceptors (Lipinski definition) is 3. The number of hydrogen-bond donors (Lipinski definition) is 3. The van der Waals surface area contributed by atoms with E-state index in [1.165, 1.54) is 6.07 Å². The molecule has 0 unspecified atom stereocenters. The molecule has 1 heterocycles. The Kier molecular flexibility index (Phi) is 2.36. The molecule has 1 aromatic rings. The summed E-state index contributed by atoms with van der Waals surface area (Å²) in [7, 11) is 1.61. The molecular formula is C8H11N3O2. The zero-order chi connectivity index (χ0) is 10.0. The number of pyridine rings is 1. The lowest BCUT2D eigenvalue weighted by molar-refractivity contribution is 0.1000. The van der Waals surface area contributed by atoms with E-state index in [0.29, 0.717) is 16.9 Å². The van der Waals surface area contributed by atoms with Gasteiger partial charge in [0.15, 0.2) is 0 Å². The second kappa shape index (κ2) is 3.30. The van der Waals surface area contributed by atoms with Gasteiger partial charge in [-0.15, -0.1) is 0 Å². The minimum atomic E-state index is -0.557. The van der Waals surface area contributed by atoms with Crippen LogP contribution in [0.15, 0.2) is 10.9 Å². The first-order valence-electron chi connectivity index (χ1n) is 3.77. The van der Waals surface area contributed by atoms with Crippen LogP contribution < -0.4 is 16.6 Å². The summed E-state index contributed by atoms with van der Waals surface area (Å²) in [5.74, 6) is -0.199. The highest BCUT2D eigenvalue weighted by atomic mass is 16.1. The molecule has 0 saturated heterocycles. The third-order valence-corrected chi connectivity index (χ3v) is 1.74. The molecule has 13 heavy (non-hydrogen) atoms. The van der Waals surface area contributed by atoms with Crippen LogP contribution in [0.2, 0.25) is 0 Å². The number of aromatic amines is 1. The lowest BCUT2D eigenvalue weighted by Crippen LogP contribution is -2.20. The predicted molar refractivity (Wildman–Crippen MR) is 49.9 cm³/mol. The average molecular weight is 181 g/mol. The summed E-state index contributed by atoms with van der Waals surface area (Å²) in [5, 5.41) is 2.70. The number of H-pyrrole nitrogens is 1. The second-order valence-corrected chi connectivity index (χ2v) is 2.68. The Hall–Kier alpha value is -1.78. The van der Waals surface area contributed by atoms with Crippen molar-refractivity contribution >= 4 is 11.7 Å². The van der Waals surface area contributed by atoms with Crippen LogP contribution in [-0.4, -0.2) is 17.9 Å². The molecule has 0 aliphatic carbocycles. The van der Waals surface area contributed by atoms with Crippen molar-refractivity contribution in [3.05, 3.63) is 27.5 Å². The zero-order valence-electron chi connectivity index (χ0n) is 7.47. The van der Waals surface area contributed by atoms with E-state index in [-0.39, 0.29) is 5.56 Å². The molecule has 0 fully saturated rings. The topological polar surface area (TPSA) is 88.0 Å². The van der Waals surface area contributed by atoms with E-state index in [2.05, 4.69) is 10.3 Å². The average Bonchev–Trinajstić information content (AvgIpc) is 2.01. The smallest absolute Gasteiger partial charge is 0.252 e. The maximum atomic E-state index is 11.0. The molecule has 0 bridgehead atoms. The summed E-state index contributed by atoms with van der Waals surface area (Å²) in [6.45, 7) is 1.66. The molecule has 0 aromatic carbocycles. The van der Waals surface area contributed by atoms with Crippen LogP contribution in [-0.2, 0) is 0 Å². The van der Waals surface area contributed by atoms with Gasteiger partial charge in [-0.2, -0.15) is 0 Å². The third kappa shape index (κ3) is 1.69. The van der Waals surface area contributed by atoms with Crippen LogP contribution in [0.4, 0.5) is 5.82 Å². The summed E-state index contributed by atoms with van der Waals surface area (Å²) >= 11 is 0. The van der Waals surface area contributed by atoms with Crippen molar-refractivity contribution in [2.24, 2.45) is 5.73 Å². The number of rotatable bonds is 2. The summed E-state index contributed by atoms with van der Waals surface area (Å²) in [6.07, 6.45) is 0. The molecule has 0 saturated carbocycles. The van der Waals surface area contributed by atoms with Crippen LogP contribution in [0, 0.1) is 6.92 Å². The number of carbonyl (C=O) groups excluding carboxylic acids is 1. The van der Waals surface area contributed by atoms with Gasteiger partial charge >= 0.3 is 0 Å². The molecule has 0 aliphatic rings. The Balaban J connectivity index is 3.47. The van der Waals surface area contributed by atoms with Crippen LogP contribution in [0.3, 0.4) is 0 Å². The van der Waals surface area contributed by atoms with E-state index >= 15 is 0 Å². The highest BCUT2D eigenvalue weighted by Crippen LogP contribution is 2.12. The molecule has 0 radical (unpaired) electrons. The summed E-state index contributed by atoms with van der Waals surface area (Å²) < 4.78 is 0. The van der Waals surface area contributed by atoms with E-state index < -0.39 is 5.91 Å². The van der Waals surface area contributed by atoms with Crippen LogP contribution in [0.5, 0.6) is 0 Å². The molecule has 1 amide bonds. The van der Waals surface area contributed by atoms with Gasteiger partial charge in [0.05, 0.1) is 5.56 Å². The van der Waals surface area contributed by atoms with Gasteiger partial charge in [0.25, 0.3) is 5.91 Å². The summed E-state index contributed by atoms with van der Waals surface area (Å²) in [5.41, 5.74) is 5.77. The van der Waals surface area contributed by atoms with Crippen molar-refractivity contribution in [2.75, 3.05) is 12.4 Å². The molecule has 0 aliphatic heterocycles. The first-order chi connectivity index (χ1) is 6.06. The Morgan fingerprint density at radius 2 is 2.23 bits per heavy atom. The van der Waals surface area contributed by atoms with Crippen LogP contribution in [0.1, 0.15) is 15.9 Å². The lowest BCUT2D eigenvalue weighted by Gasteiger charge is -2.07. The largest absolute Gasteiger partial charge is 0.374 e. The number of nitrogens with one attached hydrogen (secondary N) is 2. The minimum Gasteiger partial charge on any atom is -0.374 e. The van der Waals surface area contributed by atoms with Gasteiger partial charge in [-0.1, -0.05) is 0 Å². The Bertz CT molecular complexity index is 395. The van der Waals surface area contributed by atoms with Crippen LogP contribution in [0.25, 0.3) is 0 Å². The summed E-state index contributed by atoms with van der Waals surface area (Å²) in [6, 6.07) is 1.33. The quantitative estimate of drug-likeness (QED) is 0.591. The van der Waals surface area contributed by atoms with Gasteiger partial charge in [0, 0.05) is 13.1 Å². The molecule has 0 atom stereocenters. The first kappa shape index (κ1) is 9.31. The minimum absolute atomic E-state index is 0.258. The number of amides is 1. The number of primary amides is 1. The van der Waals surface area contributed by atoms with Crippen molar-refractivity contribution in [2.45, 2.75) is 6.92 Å². The van der Waals surface area contributed by atoms with Gasteiger partial charge in [0.1, 0.15) is 5.82 Å². The van der Waals surface area contributed by atoms with Gasteiger partial charge in [-0.25, -0.2) is 0 Å². The molecule has 5 nitrogen and oxygen atoms in total. The van der Waals surface area contributed by atoms with E-state index in [4.69, 9.17) is 5.73 Å². The first-order valence-corrected chi connectivity index (χ1v) is 3.77. The monoisotopic (exact) mass is 181 g/mol. The Labute approximate surface area is 75.0 Å². The van der Waals surface area contributed by atoms with Crippen molar-refractivity contribution in [1.82, 2.24) is 4.98 Å². The molecule has 5 heteroatoms. The number of anilines is 1. The SMILES string of the molecule is CNc1[nH]c(=O)cc(C)c1C(N)=O. The molecule has 1 aromatic heterocycles. The molecular weight excluding hydrogens is 170 g/mol. The fourth-order valence-electron chi connectivity index (χ4n) is 1.19. The van der Waals surface area contributed by atoms with Gasteiger partial charge in [-0.3, -0.25) is 9.59 Å². The van der Waals surface area contributed by atoms with E-state index in [0.717, 1.165) is 0 Å². The van der Waals surface area contributed by atoms with E-state index in [1.54, 1.807) is 14.0 Å². The van der Waals surface area contributed by atoms with Gasteiger partial charge in [0.2, 0.25) is 5.56 Å². The lowest BCUT2D eigenvalue weighted by atomic mass is 10.1. The van der Waals surface area contributed by atoms with Crippen molar-refractivity contribution < 1.29 is 4.79 Å². The number of aromatic nitrogens is 1. The highest BCUT2D eigenvalue weighted by molar-refractivity contribution is 5.98. The number of nitrogens with two attached hydrogens (primary N) is 1. The second-order valence-electron chi connectivity index (χ2n) is 2.68. The molecule has 4 N–H and O–H groups in total. The van der Waals surface area contributed by atoms with E-state index in [1.807, 2.05) is 0 Å². The maximum Gasteiger partial charge on any atom is 0.252 e. The normalized spacial score (nSPS) is 9.69. The number of aryl methyl sites for hydroxylation is 1. The van der Waals surface area contributed by atoms with Crippen LogP contribution >= 0.6 is 0 Å². The Morgan fingerprint density at radius 1 is 1.62 bits per heavy atom. The van der Waals surface area contributed by atoms with Gasteiger partial charge in [-0.05, 0) is 12.5 Å². The third-order valence-electron chi connectivity index (χ3n) is 1.74. The Morgan fingerprint density at radius 3 is 2.69 bits per heavy atom. The van der Waals surface area contributed by atoms with Gasteiger partial charge < -0.3 is 16.0 Å². The highest BCUT2D eigenvalue weighted by Gasteiger charge is 2.11.